The van der Waals surface area contributed by atoms with Crippen molar-refractivity contribution >= 4 is 27.5 Å². The summed E-state index contributed by atoms with van der Waals surface area (Å²) < 4.78 is 0.992. The Balaban J connectivity index is 2.32. The van der Waals surface area contributed by atoms with Gasteiger partial charge in [0.15, 0.2) is 0 Å². The van der Waals surface area contributed by atoms with Crippen molar-refractivity contribution in [3.63, 3.8) is 0 Å². The summed E-state index contributed by atoms with van der Waals surface area (Å²) in [5, 5.41) is 9.20. The van der Waals surface area contributed by atoms with Gasteiger partial charge in [-0.1, -0.05) is 22.0 Å². The van der Waals surface area contributed by atoms with Gasteiger partial charge in [-0.2, -0.15) is 0 Å². The molecule has 0 radical (unpaired) electrons. The van der Waals surface area contributed by atoms with Gasteiger partial charge in [-0.3, -0.25) is 4.79 Å². The number of halogens is 1. The van der Waals surface area contributed by atoms with Gasteiger partial charge in [0.2, 0.25) is 5.91 Å². The van der Waals surface area contributed by atoms with Crippen LogP contribution in [0.2, 0.25) is 0 Å². The van der Waals surface area contributed by atoms with Crippen molar-refractivity contribution in [3.8, 4) is 0 Å². The Bertz CT molecular complexity index is 467. The predicted octanol–water partition coefficient (Wildman–Crippen LogP) is 1.87. The summed E-state index contributed by atoms with van der Waals surface area (Å²) >= 11 is 3.46. The van der Waals surface area contributed by atoms with Crippen LogP contribution in [0, 0.1) is 0 Å². The number of piperazine rings is 1. The first-order valence-electron chi connectivity index (χ1n) is 6.44. The molecule has 1 aromatic carbocycles. The maximum absolute atomic E-state index is 12.4. The van der Waals surface area contributed by atoms with E-state index < -0.39 is 0 Å². The monoisotopic (exact) mass is 326 g/mol. The molecule has 2 unspecified atom stereocenters. The third kappa shape index (κ3) is 2.92. The summed E-state index contributed by atoms with van der Waals surface area (Å²) in [4.78, 5) is 16.2. The zero-order valence-corrected chi connectivity index (χ0v) is 12.8. The van der Waals surface area contributed by atoms with Crippen LogP contribution in [0.5, 0.6) is 0 Å². The highest BCUT2D eigenvalue weighted by Crippen LogP contribution is 2.27. The second-order valence-electron chi connectivity index (χ2n) is 4.96. The summed E-state index contributed by atoms with van der Waals surface area (Å²) in [5.41, 5.74) is 1.01. The Morgan fingerprint density at radius 3 is 2.84 bits per heavy atom. The molecule has 1 heterocycles. The Labute approximate surface area is 122 Å². The molecule has 4 nitrogen and oxygen atoms in total. The minimum atomic E-state index is -0.277. The van der Waals surface area contributed by atoms with Crippen LogP contribution < -0.4 is 4.90 Å². The molecule has 104 valence electrons. The molecule has 0 aliphatic carbocycles. The summed E-state index contributed by atoms with van der Waals surface area (Å²) in [7, 11) is 1.83. The van der Waals surface area contributed by atoms with Gasteiger partial charge >= 0.3 is 0 Å². The molecule has 19 heavy (non-hydrogen) atoms. The molecule has 1 aliphatic heterocycles. The Hall–Kier alpha value is -1.07. The standard InChI is InChI=1S/C14H19BrN2O2/c1-10-9-17(12-5-3-4-11(15)8-12)13(6-7-18)14(19)16(10)2/h3-5,8,10,13,18H,6-7,9H2,1-2H3. The molecule has 1 fully saturated rings. The minimum Gasteiger partial charge on any atom is -0.396 e. The third-order valence-corrected chi connectivity index (χ3v) is 4.17. The number of rotatable bonds is 3. The lowest BCUT2D eigenvalue weighted by Gasteiger charge is -2.44. The molecule has 0 bridgehead atoms. The van der Waals surface area contributed by atoms with E-state index in [-0.39, 0.29) is 24.6 Å². The molecule has 1 amide bonds. The van der Waals surface area contributed by atoms with E-state index in [0.29, 0.717) is 6.42 Å². The number of likely N-dealkylation sites (N-methyl/N-ethyl adjacent to an activating group) is 1. The topological polar surface area (TPSA) is 43.8 Å². The van der Waals surface area contributed by atoms with Gasteiger partial charge in [0.25, 0.3) is 0 Å². The highest BCUT2D eigenvalue weighted by Gasteiger charge is 2.36. The Morgan fingerprint density at radius 1 is 1.47 bits per heavy atom. The number of anilines is 1. The first-order chi connectivity index (χ1) is 9.04. The van der Waals surface area contributed by atoms with E-state index in [4.69, 9.17) is 0 Å². The van der Waals surface area contributed by atoms with Crippen LogP contribution in [-0.4, -0.2) is 48.2 Å². The largest absolute Gasteiger partial charge is 0.396 e. The van der Waals surface area contributed by atoms with Crippen LogP contribution in [0.4, 0.5) is 5.69 Å². The third-order valence-electron chi connectivity index (χ3n) is 3.67. The van der Waals surface area contributed by atoms with Gasteiger partial charge in [-0.05, 0) is 31.5 Å². The second-order valence-corrected chi connectivity index (χ2v) is 5.87. The zero-order chi connectivity index (χ0) is 14.0. The number of carbonyl (C=O) groups excluding carboxylic acids is 1. The maximum Gasteiger partial charge on any atom is 0.245 e. The van der Waals surface area contributed by atoms with Crippen LogP contribution in [0.3, 0.4) is 0 Å². The number of aliphatic hydroxyl groups is 1. The van der Waals surface area contributed by atoms with E-state index >= 15 is 0 Å². The molecule has 0 saturated carbocycles. The van der Waals surface area contributed by atoms with Crippen molar-refractivity contribution < 1.29 is 9.90 Å². The highest BCUT2D eigenvalue weighted by molar-refractivity contribution is 9.10. The lowest BCUT2D eigenvalue weighted by Crippen LogP contribution is -2.60. The highest BCUT2D eigenvalue weighted by atomic mass is 79.9. The average Bonchev–Trinajstić information content (AvgIpc) is 2.39. The van der Waals surface area contributed by atoms with E-state index in [9.17, 15) is 9.90 Å². The molecule has 1 saturated heterocycles. The number of carbonyl (C=O) groups is 1. The molecule has 0 spiro atoms. The van der Waals surface area contributed by atoms with Crippen molar-refractivity contribution in [1.29, 1.82) is 0 Å². The van der Waals surface area contributed by atoms with Crippen molar-refractivity contribution in [2.45, 2.75) is 25.4 Å². The van der Waals surface area contributed by atoms with Crippen LogP contribution in [0.25, 0.3) is 0 Å². The van der Waals surface area contributed by atoms with Crippen LogP contribution in [0.1, 0.15) is 13.3 Å². The normalized spacial score (nSPS) is 23.9. The summed E-state index contributed by atoms with van der Waals surface area (Å²) in [5.74, 6) is 0.0766. The van der Waals surface area contributed by atoms with E-state index in [0.717, 1.165) is 16.7 Å². The van der Waals surface area contributed by atoms with Gasteiger partial charge in [0, 0.05) is 36.4 Å². The fraction of sp³-hybridized carbons (Fsp3) is 0.500. The van der Waals surface area contributed by atoms with Crippen LogP contribution in [0.15, 0.2) is 28.7 Å². The van der Waals surface area contributed by atoms with Crippen LogP contribution >= 0.6 is 15.9 Å². The van der Waals surface area contributed by atoms with Crippen LogP contribution in [-0.2, 0) is 4.79 Å². The average molecular weight is 327 g/mol. The first-order valence-corrected chi connectivity index (χ1v) is 7.23. The number of nitrogens with zero attached hydrogens (tertiary/aromatic N) is 2. The van der Waals surface area contributed by atoms with Crippen molar-refractivity contribution in [2.24, 2.45) is 0 Å². The first kappa shape index (κ1) is 14.3. The quantitative estimate of drug-likeness (QED) is 0.922. The summed E-state index contributed by atoms with van der Waals surface area (Å²) in [6.45, 7) is 2.84. The number of hydrogen-bond donors (Lipinski definition) is 1. The van der Waals surface area contributed by atoms with Crippen molar-refractivity contribution in [3.05, 3.63) is 28.7 Å². The fourth-order valence-electron chi connectivity index (χ4n) is 2.46. The molecule has 2 atom stereocenters. The van der Waals surface area contributed by atoms with E-state index in [1.165, 1.54) is 0 Å². The Kier molecular flexibility index (Phi) is 4.47. The van der Waals surface area contributed by atoms with E-state index in [1.54, 1.807) is 4.90 Å². The smallest absolute Gasteiger partial charge is 0.245 e. The molecule has 1 aliphatic rings. The number of amides is 1. The second kappa shape index (κ2) is 5.92. The zero-order valence-electron chi connectivity index (χ0n) is 11.2. The lowest BCUT2D eigenvalue weighted by atomic mass is 10.0. The van der Waals surface area contributed by atoms with E-state index in [2.05, 4.69) is 20.8 Å². The molecule has 2 rings (SSSR count). The molecule has 0 aromatic heterocycles. The molecular formula is C14H19BrN2O2. The summed E-state index contributed by atoms with van der Waals surface area (Å²) in [6, 6.07) is 7.83. The number of benzene rings is 1. The SMILES string of the molecule is CC1CN(c2cccc(Br)c2)C(CCO)C(=O)N1C. The van der Waals surface area contributed by atoms with Gasteiger partial charge in [0.05, 0.1) is 0 Å². The Morgan fingerprint density at radius 2 is 2.21 bits per heavy atom. The summed E-state index contributed by atoms with van der Waals surface area (Å²) in [6.07, 6.45) is 0.461. The maximum atomic E-state index is 12.4. The van der Waals surface area contributed by atoms with Crippen molar-refractivity contribution in [1.82, 2.24) is 4.90 Å². The fourth-order valence-corrected chi connectivity index (χ4v) is 2.85. The van der Waals surface area contributed by atoms with Gasteiger partial charge in [0.1, 0.15) is 6.04 Å². The number of hydrogen-bond acceptors (Lipinski definition) is 3. The lowest BCUT2D eigenvalue weighted by molar-refractivity contribution is -0.135. The molecular weight excluding hydrogens is 308 g/mol. The van der Waals surface area contributed by atoms with Gasteiger partial charge in [-0.25, -0.2) is 0 Å². The van der Waals surface area contributed by atoms with E-state index in [1.807, 2.05) is 38.2 Å². The van der Waals surface area contributed by atoms with Gasteiger partial charge in [-0.15, -0.1) is 0 Å². The van der Waals surface area contributed by atoms with Gasteiger partial charge < -0.3 is 14.9 Å². The molecule has 1 aromatic rings. The predicted molar refractivity (Wildman–Crippen MR) is 79.2 cm³/mol. The number of aliphatic hydroxyl groups excluding tert-OH is 1. The molecule has 5 heteroatoms. The molecule has 1 N–H and O–H groups in total. The minimum absolute atomic E-state index is 0.0170. The van der Waals surface area contributed by atoms with Crippen molar-refractivity contribution in [2.75, 3.05) is 25.1 Å².